The molecule has 17 heavy (non-hydrogen) atoms. The summed E-state index contributed by atoms with van der Waals surface area (Å²) in [5, 5.41) is 2.84. The summed E-state index contributed by atoms with van der Waals surface area (Å²) in [6.07, 6.45) is 0. The zero-order valence-electron chi connectivity index (χ0n) is 9.68. The quantitative estimate of drug-likeness (QED) is 0.872. The van der Waals surface area contributed by atoms with Crippen molar-refractivity contribution in [3.63, 3.8) is 0 Å². The molecule has 0 saturated heterocycles. The van der Waals surface area contributed by atoms with Crippen LogP contribution in [0, 0.1) is 6.92 Å². The first-order valence-corrected chi connectivity index (χ1v) is 5.51. The Morgan fingerprint density at radius 1 is 1.12 bits per heavy atom. The molecule has 1 heterocycles. The number of carbonyl (C=O) groups excluding carboxylic acids is 1. The molecule has 0 aliphatic heterocycles. The summed E-state index contributed by atoms with van der Waals surface area (Å²) in [4.78, 5) is 16.1. The van der Waals surface area contributed by atoms with Gasteiger partial charge in [-0.3, -0.25) is 9.78 Å². The summed E-state index contributed by atoms with van der Waals surface area (Å²) < 4.78 is 0. The van der Waals surface area contributed by atoms with E-state index < -0.39 is 0 Å². The van der Waals surface area contributed by atoms with Crippen molar-refractivity contribution < 1.29 is 4.79 Å². The number of aryl methyl sites for hydroxylation is 1. The standard InChI is InChI=1S/C14H14N2O/c1-11-6-5-9-13(16-11)10-15-14(17)12-7-3-2-4-8-12/h2-9H,10H2,1H3,(H,15,17). The van der Waals surface area contributed by atoms with Gasteiger partial charge in [0, 0.05) is 11.3 Å². The van der Waals surface area contributed by atoms with Crippen LogP contribution in [0.5, 0.6) is 0 Å². The minimum atomic E-state index is -0.0751. The average molecular weight is 226 g/mol. The maximum absolute atomic E-state index is 11.8. The summed E-state index contributed by atoms with van der Waals surface area (Å²) >= 11 is 0. The van der Waals surface area contributed by atoms with Crippen molar-refractivity contribution in [2.45, 2.75) is 13.5 Å². The van der Waals surface area contributed by atoms with Gasteiger partial charge in [0.05, 0.1) is 12.2 Å². The van der Waals surface area contributed by atoms with Crippen LogP contribution in [0.3, 0.4) is 0 Å². The van der Waals surface area contributed by atoms with E-state index in [9.17, 15) is 4.79 Å². The van der Waals surface area contributed by atoms with E-state index in [1.54, 1.807) is 12.1 Å². The Bertz CT molecular complexity index is 509. The highest BCUT2D eigenvalue weighted by atomic mass is 16.1. The van der Waals surface area contributed by atoms with Gasteiger partial charge < -0.3 is 5.32 Å². The van der Waals surface area contributed by atoms with E-state index >= 15 is 0 Å². The molecule has 1 amide bonds. The maximum atomic E-state index is 11.8. The molecule has 0 saturated carbocycles. The predicted octanol–water partition coefficient (Wildman–Crippen LogP) is 2.32. The van der Waals surface area contributed by atoms with Gasteiger partial charge in [0.2, 0.25) is 0 Å². The van der Waals surface area contributed by atoms with Gasteiger partial charge >= 0.3 is 0 Å². The van der Waals surface area contributed by atoms with Gasteiger partial charge in [0.1, 0.15) is 0 Å². The molecule has 0 atom stereocenters. The maximum Gasteiger partial charge on any atom is 0.251 e. The average Bonchev–Trinajstić information content (AvgIpc) is 2.37. The van der Waals surface area contributed by atoms with Crippen LogP contribution in [0.4, 0.5) is 0 Å². The van der Waals surface area contributed by atoms with E-state index in [-0.39, 0.29) is 5.91 Å². The van der Waals surface area contributed by atoms with Crippen LogP contribution in [0.15, 0.2) is 48.5 Å². The first-order chi connectivity index (χ1) is 8.25. The molecule has 0 fully saturated rings. The highest BCUT2D eigenvalue weighted by Crippen LogP contribution is 2.00. The minimum absolute atomic E-state index is 0.0751. The Morgan fingerprint density at radius 3 is 2.59 bits per heavy atom. The molecule has 1 N–H and O–H groups in total. The molecule has 3 heteroatoms. The van der Waals surface area contributed by atoms with Crippen molar-refractivity contribution in [1.82, 2.24) is 10.3 Å². The number of nitrogens with zero attached hydrogens (tertiary/aromatic N) is 1. The Balaban J connectivity index is 1.97. The lowest BCUT2D eigenvalue weighted by Crippen LogP contribution is -2.23. The van der Waals surface area contributed by atoms with Crippen LogP contribution >= 0.6 is 0 Å². The van der Waals surface area contributed by atoms with Crippen molar-refractivity contribution >= 4 is 5.91 Å². The number of hydrogen-bond donors (Lipinski definition) is 1. The molecule has 2 aromatic rings. The van der Waals surface area contributed by atoms with Crippen LogP contribution in [0.25, 0.3) is 0 Å². The monoisotopic (exact) mass is 226 g/mol. The third-order valence-electron chi connectivity index (χ3n) is 2.41. The fraction of sp³-hybridized carbons (Fsp3) is 0.143. The van der Waals surface area contributed by atoms with Crippen LogP contribution in [0.2, 0.25) is 0 Å². The number of pyridine rings is 1. The number of nitrogens with one attached hydrogen (secondary N) is 1. The van der Waals surface area contributed by atoms with Gasteiger partial charge in [0.15, 0.2) is 0 Å². The summed E-state index contributed by atoms with van der Waals surface area (Å²) in [5.41, 5.74) is 2.49. The third-order valence-corrected chi connectivity index (χ3v) is 2.41. The molecule has 0 bridgehead atoms. The first kappa shape index (κ1) is 11.3. The molecule has 3 nitrogen and oxygen atoms in total. The lowest BCUT2D eigenvalue weighted by Gasteiger charge is -2.05. The van der Waals surface area contributed by atoms with Crippen molar-refractivity contribution in [3.05, 3.63) is 65.5 Å². The van der Waals surface area contributed by atoms with E-state index in [0.717, 1.165) is 11.4 Å². The van der Waals surface area contributed by atoms with Crippen molar-refractivity contribution in [3.8, 4) is 0 Å². The Kier molecular flexibility index (Phi) is 3.50. The van der Waals surface area contributed by atoms with E-state index in [0.29, 0.717) is 12.1 Å². The molecular formula is C14H14N2O. The highest BCUT2D eigenvalue weighted by molar-refractivity contribution is 5.94. The summed E-state index contributed by atoms with van der Waals surface area (Å²) in [5.74, 6) is -0.0751. The zero-order chi connectivity index (χ0) is 12.1. The van der Waals surface area contributed by atoms with Crippen LogP contribution in [0.1, 0.15) is 21.7 Å². The third kappa shape index (κ3) is 3.14. The van der Waals surface area contributed by atoms with Gasteiger partial charge in [-0.2, -0.15) is 0 Å². The molecule has 0 aliphatic carbocycles. The minimum Gasteiger partial charge on any atom is -0.346 e. The molecule has 1 aromatic heterocycles. The predicted molar refractivity (Wildman–Crippen MR) is 66.6 cm³/mol. The van der Waals surface area contributed by atoms with Crippen LogP contribution < -0.4 is 5.32 Å². The Labute approximate surface area is 101 Å². The molecule has 0 radical (unpaired) electrons. The van der Waals surface area contributed by atoms with Gasteiger partial charge in [-0.1, -0.05) is 24.3 Å². The zero-order valence-corrected chi connectivity index (χ0v) is 9.68. The fourth-order valence-electron chi connectivity index (χ4n) is 1.56. The smallest absolute Gasteiger partial charge is 0.251 e. The van der Waals surface area contributed by atoms with E-state index in [4.69, 9.17) is 0 Å². The highest BCUT2D eigenvalue weighted by Gasteiger charge is 2.04. The van der Waals surface area contributed by atoms with E-state index in [1.165, 1.54) is 0 Å². The van der Waals surface area contributed by atoms with Crippen molar-refractivity contribution in [1.29, 1.82) is 0 Å². The number of benzene rings is 1. The number of amides is 1. The second kappa shape index (κ2) is 5.25. The van der Waals surface area contributed by atoms with Gasteiger partial charge in [0.25, 0.3) is 5.91 Å². The number of aromatic nitrogens is 1. The van der Waals surface area contributed by atoms with Gasteiger partial charge in [-0.05, 0) is 31.2 Å². The Morgan fingerprint density at radius 2 is 1.88 bits per heavy atom. The summed E-state index contributed by atoms with van der Waals surface area (Å²) in [7, 11) is 0. The molecule has 1 aromatic carbocycles. The van der Waals surface area contributed by atoms with Crippen molar-refractivity contribution in [2.24, 2.45) is 0 Å². The van der Waals surface area contributed by atoms with Gasteiger partial charge in [-0.25, -0.2) is 0 Å². The summed E-state index contributed by atoms with van der Waals surface area (Å²) in [6, 6.07) is 14.9. The lowest BCUT2D eigenvalue weighted by atomic mass is 10.2. The molecule has 0 spiro atoms. The molecule has 0 unspecified atom stereocenters. The fourth-order valence-corrected chi connectivity index (χ4v) is 1.56. The molecule has 0 aliphatic rings. The van der Waals surface area contributed by atoms with Crippen LogP contribution in [-0.2, 0) is 6.54 Å². The van der Waals surface area contributed by atoms with E-state index in [2.05, 4.69) is 10.3 Å². The normalized spacial score (nSPS) is 9.94. The van der Waals surface area contributed by atoms with Crippen molar-refractivity contribution in [2.75, 3.05) is 0 Å². The van der Waals surface area contributed by atoms with Crippen LogP contribution in [-0.4, -0.2) is 10.9 Å². The topological polar surface area (TPSA) is 42.0 Å². The lowest BCUT2D eigenvalue weighted by molar-refractivity contribution is 0.0950. The number of rotatable bonds is 3. The molecule has 86 valence electrons. The number of hydrogen-bond acceptors (Lipinski definition) is 2. The second-order valence-electron chi connectivity index (χ2n) is 3.82. The first-order valence-electron chi connectivity index (χ1n) is 5.51. The molecule has 2 rings (SSSR count). The SMILES string of the molecule is Cc1cccc(CNC(=O)c2ccccc2)n1. The number of carbonyl (C=O) groups is 1. The summed E-state index contributed by atoms with van der Waals surface area (Å²) in [6.45, 7) is 2.39. The second-order valence-corrected chi connectivity index (χ2v) is 3.82. The van der Waals surface area contributed by atoms with E-state index in [1.807, 2.05) is 43.3 Å². The largest absolute Gasteiger partial charge is 0.346 e. The Hall–Kier alpha value is -2.16. The van der Waals surface area contributed by atoms with Gasteiger partial charge in [-0.15, -0.1) is 0 Å². The molecular weight excluding hydrogens is 212 g/mol.